The van der Waals surface area contributed by atoms with Crippen molar-refractivity contribution in [1.29, 1.82) is 0 Å². The van der Waals surface area contributed by atoms with Gasteiger partial charge in [-0.05, 0) is 75.4 Å². The second-order valence-electron chi connectivity index (χ2n) is 11.2. The van der Waals surface area contributed by atoms with Gasteiger partial charge in [-0.2, -0.15) is 0 Å². The van der Waals surface area contributed by atoms with E-state index in [2.05, 4.69) is 108 Å². The number of likely N-dealkylation sites (N-methyl/N-ethyl adjacent to an activating group) is 2. The normalized spacial score (nSPS) is 13.6. The highest BCUT2D eigenvalue weighted by molar-refractivity contribution is 5.79. The van der Waals surface area contributed by atoms with E-state index in [1.54, 1.807) is 0 Å². The Labute approximate surface area is 268 Å². The van der Waals surface area contributed by atoms with E-state index in [0.717, 1.165) is 56.4 Å². The van der Waals surface area contributed by atoms with E-state index in [-0.39, 0.29) is 0 Å². The molecule has 2 aromatic carbocycles. The maximum Gasteiger partial charge on any atom is 0.223 e. The van der Waals surface area contributed by atoms with Gasteiger partial charge in [0.1, 0.15) is 11.5 Å². The Hall–Kier alpha value is -4.47. The standard InChI is InChI=1S/C27H36N6.C9H12O3/c1-28-22-12-10-20(11-13-22)25-18-21-19-30-27(29-14-7-15-33(4)17-16-32(2)3)31-26(21)24-9-6-5-8-23(24)25;1-7(11-3)5-9(6-10)8(2)12-4/h5-6,8-13,19,25,28H,7,14-18H2,1-4H3,(H,29,30,31);5-6H,1-2H2,3-4H3/b;9-5-. The Balaban J connectivity index is 0.000000392. The number of nitrogens with zero attached hydrogens (tertiary/aromatic N) is 4. The van der Waals surface area contributed by atoms with E-state index in [1.165, 1.54) is 42.5 Å². The van der Waals surface area contributed by atoms with Crippen molar-refractivity contribution < 1.29 is 14.3 Å². The zero-order chi connectivity index (χ0) is 32.8. The Morgan fingerprint density at radius 1 is 1.02 bits per heavy atom. The molecule has 3 aromatic rings. The van der Waals surface area contributed by atoms with E-state index in [0.29, 0.717) is 29.3 Å². The number of benzene rings is 2. The van der Waals surface area contributed by atoms with Crippen LogP contribution in [0.1, 0.15) is 29.0 Å². The monoisotopic (exact) mass is 612 g/mol. The number of rotatable bonds is 15. The van der Waals surface area contributed by atoms with Gasteiger partial charge < -0.3 is 29.9 Å². The summed E-state index contributed by atoms with van der Waals surface area (Å²) >= 11 is 0. The third-order valence-corrected chi connectivity index (χ3v) is 7.68. The molecule has 1 heterocycles. The van der Waals surface area contributed by atoms with Gasteiger partial charge in [0.15, 0.2) is 6.29 Å². The van der Waals surface area contributed by atoms with Gasteiger partial charge in [-0.15, -0.1) is 0 Å². The number of aromatic nitrogens is 2. The van der Waals surface area contributed by atoms with Gasteiger partial charge in [-0.25, -0.2) is 9.97 Å². The highest BCUT2D eigenvalue weighted by Crippen LogP contribution is 2.42. The molecule has 240 valence electrons. The Morgan fingerprint density at radius 3 is 2.40 bits per heavy atom. The lowest BCUT2D eigenvalue weighted by Gasteiger charge is -2.27. The summed E-state index contributed by atoms with van der Waals surface area (Å²) < 4.78 is 9.51. The minimum atomic E-state index is 0.295. The lowest BCUT2D eigenvalue weighted by atomic mass is 9.78. The number of aldehydes is 1. The largest absolute Gasteiger partial charge is 0.497 e. The fraction of sp³-hybridized carbons (Fsp3) is 0.361. The molecule has 1 unspecified atom stereocenters. The van der Waals surface area contributed by atoms with Crippen LogP contribution in [-0.4, -0.2) is 94.6 Å². The zero-order valence-corrected chi connectivity index (χ0v) is 27.6. The summed E-state index contributed by atoms with van der Waals surface area (Å²) in [4.78, 5) is 24.6. The van der Waals surface area contributed by atoms with Gasteiger partial charge >= 0.3 is 0 Å². The van der Waals surface area contributed by atoms with Crippen LogP contribution in [0.2, 0.25) is 0 Å². The van der Waals surface area contributed by atoms with E-state index in [1.807, 2.05) is 13.2 Å². The first-order valence-electron chi connectivity index (χ1n) is 15.1. The number of hydrogen-bond donors (Lipinski definition) is 2. The summed E-state index contributed by atoms with van der Waals surface area (Å²) in [6, 6.07) is 17.4. The molecule has 2 N–H and O–H groups in total. The Kier molecular flexibility index (Phi) is 13.8. The molecule has 0 radical (unpaired) electrons. The van der Waals surface area contributed by atoms with Crippen LogP contribution in [0.4, 0.5) is 11.6 Å². The first-order valence-corrected chi connectivity index (χ1v) is 15.1. The van der Waals surface area contributed by atoms with Crippen molar-refractivity contribution in [2.45, 2.75) is 18.8 Å². The second kappa shape index (κ2) is 17.7. The third-order valence-electron chi connectivity index (χ3n) is 7.68. The molecule has 0 saturated heterocycles. The highest BCUT2D eigenvalue weighted by Gasteiger charge is 2.27. The number of methoxy groups -OCH3 is 2. The minimum Gasteiger partial charge on any atom is -0.497 e. The summed E-state index contributed by atoms with van der Waals surface area (Å²) in [6.07, 6.45) is 6.08. The third kappa shape index (κ3) is 10.3. The van der Waals surface area contributed by atoms with Crippen LogP contribution in [-0.2, 0) is 20.7 Å². The predicted octanol–water partition coefficient (Wildman–Crippen LogP) is 5.60. The Morgan fingerprint density at radius 2 is 1.76 bits per heavy atom. The smallest absolute Gasteiger partial charge is 0.223 e. The fourth-order valence-electron chi connectivity index (χ4n) is 4.96. The SMILES string of the molecule is C=C(/C=C(/C=O)C(=C)OC)OC.CNc1ccc(C2Cc3cnc(NCCCN(C)CCN(C)C)nc3-c3ccccc32)cc1. The van der Waals surface area contributed by atoms with Crippen LogP contribution in [0.15, 0.2) is 91.1 Å². The molecular weight excluding hydrogens is 564 g/mol. The number of carbonyl (C=O) groups excluding carboxylic acids is 1. The van der Waals surface area contributed by atoms with Crippen LogP contribution >= 0.6 is 0 Å². The van der Waals surface area contributed by atoms with Crippen LogP contribution in [0.5, 0.6) is 0 Å². The second-order valence-corrected chi connectivity index (χ2v) is 11.2. The van der Waals surface area contributed by atoms with Crippen molar-refractivity contribution in [3.8, 4) is 11.3 Å². The van der Waals surface area contributed by atoms with E-state index < -0.39 is 0 Å². The molecule has 45 heavy (non-hydrogen) atoms. The van der Waals surface area contributed by atoms with E-state index in [9.17, 15) is 4.79 Å². The summed E-state index contributed by atoms with van der Waals surface area (Å²) in [5, 5.41) is 6.64. The van der Waals surface area contributed by atoms with Crippen LogP contribution in [0, 0.1) is 0 Å². The average molecular weight is 613 g/mol. The van der Waals surface area contributed by atoms with Gasteiger partial charge in [0.2, 0.25) is 5.95 Å². The van der Waals surface area contributed by atoms with Gasteiger partial charge in [-0.1, -0.05) is 49.6 Å². The molecule has 4 rings (SSSR count). The molecule has 0 saturated carbocycles. The maximum absolute atomic E-state index is 10.5. The summed E-state index contributed by atoms with van der Waals surface area (Å²) in [5.74, 6) is 1.72. The van der Waals surface area contributed by atoms with Crippen LogP contribution in [0.25, 0.3) is 11.3 Å². The van der Waals surface area contributed by atoms with Crippen LogP contribution in [0.3, 0.4) is 0 Å². The van der Waals surface area contributed by atoms with Gasteiger partial charge in [-0.3, -0.25) is 4.79 Å². The number of hydrogen-bond acceptors (Lipinski definition) is 9. The molecule has 9 heteroatoms. The minimum absolute atomic E-state index is 0.295. The first-order chi connectivity index (χ1) is 21.7. The molecule has 9 nitrogen and oxygen atoms in total. The molecule has 1 aliphatic carbocycles. The van der Waals surface area contributed by atoms with E-state index in [4.69, 9.17) is 14.5 Å². The van der Waals surface area contributed by atoms with Crippen molar-refractivity contribution in [2.24, 2.45) is 0 Å². The number of ether oxygens (including phenoxy) is 2. The first kappa shape index (κ1) is 35.0. The molecule has 1 atom stereocenters. The molecule has 0 aliphatic heterocycles. The van der Waals surface area contributed by atoms with Crippen LogP contribution < -0.4 is 10.6 Å². The summed E-state index contributed by atoms with van der Waals surface area (Å²) in [5.41, 5.74) is 7.62. The van der Waals surface area contributed by atoms with Gasteiger partial charge in [0, 0.05) is 50.0 Å². The number of allylic oxidation sites excluding steroid dienone is 2. The fourth-order valence-corrected chi connectivity index (χ4v) is 4.96. The predicted molar refractivity (Wildman–Crippen MR) is 185 cm³/mol. The van der Waals surface area contributed by atoms with E-state index >= 15 is 0 Å². The number of carbonyl (C=O) groups is 1. The molecule has 0 amide bonds. The van der Waals surface area contributed by atoms with Crippen molar-refractivity contribution in [2.75, 3.05) is 79.2 Å². The maximum atomic E-state index is 10.5. The summed E-state index contributed by atoms with van der Waals surface area (Å²) in [7, 11) is 11.3. The molecule has 1 aliphatic rings. The number of nitrogens with one attached hydrogen (secondary N) is 2. The quantitative estimate of drug-likeness (QED) is 0.0748. The molecule has 0 spiro atoms. The lowest BCUT2D eigenvalue weighted by molar-refractivity contribution is -0.105. The molecule has 0 bridgehead atoms. The molecule has 0 fully saturated rings. The summed E-state index contributed by atoms with van der Waals surface area (Å²) in [6.45, 7) is 11.1. The molecule has 1 aromatic heterocycles. The van der Waals surface area contributed by atoms with Gasteiger partial charge in [0.25, 0.3) is 0 Å². The average Bonchev–Trinajstić information content (AvgIpc) is 3.07. The van der Waals surface area contributed by atoms with Crippen molar-refractivity contribution in [3.63, 3.8) is 0 Å². The highest BCUT2D eigenvalue weighted by atomic mass is 16.5. The number of fused-ring (bicyclic) bond motifs is 3. The number of anilines is 2. The zero-order valence-electron chi connectivity index (χ0n) is 27.6. The van der Waals surface area contributed by atoms with Crippen molar-refractivity contribution >= 4 is 17.9 Å². The Bertz CT molecular complexity index is 1450. The molecular formula is C36H48N6O3. The van der Waals surface area contributed by atoms with Crippen molar-refractivity contribution in [3.05, 3.63) is 108 Å². The topological polar surface area (TPSA) is 91.8 Å². The lowest BCUT2D eigenvalue weighted by Crippen LogP contribution is -2.30. The van der Waals surface area contributed by atoms with Crippen molar-refractivity contribution in [1.82, 2.24) is 19.8 Å². The van der Waals surface area contributed by atoms with Gasteiger partial charge in [0.05, 0.1) is 25.5 Å².